The molecule has 0 N–H and O–H groups in total. The molecule has 0 saturated carbocycles. The Kier molecular flexibility index (Phi) is 4.62. The molecule has 1 aromatic heterocycles. The van der Waals surface area contributed by atoms with Gasteiger partial charge in [-0.2, -0.15) is 5.26 Å². The largest absolute Gasteiger partial charge is 0.497 e. The quantitative estimate of drug-likeness (QED) is 0.862. The Labute approximate surface area is 140 Å². The van der Waals surface area contributed by atoms with Crippen LogP contribution in [0.3, 0.4) is 0 Å². The second-order valence-electron chi connectivity index (χ2n) is 5.50. The molecule has 1 aromatic carbocycles. The summed E-state index contributed by atoms with van der Waals surface area (Å²) in [5.74, 6) is 1.11. The molecule has 24 heavy (non-hydrogen) atoms. The van der Waals surface area contributed by atoms with E-state index in [1.165, 1.54) is 0 Å². The third kappa shape index (κ3) is 3.46. The number of ether oxygens (including phenoxy) is 2. The zero-order chi connectivity index (χ0) is 16.9. The van der Waals surface area contributed by atoms with Crippen LogP contribution in [0.1, 0.15) is 22.3 Å². The lowest BCUT2D eigenvalue weighted by molar-refractivity contribution is 0.0771. The van der Waals surface area contributed by atoms with Crippen molar-refractivity contribution in [2.75, 3.05) is 20.2 Å². The molecule has 0 spiro atoms. The van der Waals surface area contributed by atoms with Gasteiger partial charge in [-0.1, -0.05) is 0 Å². The first-order chi connectivity index (χ1) is 11.7. The van der Waals surface area contributed by atoms with Crippen molar-refractivity contribution in [3.63, 3.8) is 0 Å². The standard InChI is InChI=1S/C18H17N3O3/c1-23-15-4-2-14(3-5-15)18(22)21-9-7-16(12-21)24-17-10-13(11-19)6-8-20-17/h2-6,8,10,16H,7,9,12H2,1H3. The maximum atomic E-state index is 12.5. The van der Waals surface area contributed by atoms with Crippen LogP contribution in [-0.2, 0) is 0 Å². The minimum absolute atomic E-state index is 0.0255. The maximum absolute atomic E-state index is 12.5. The molecular weight excluding hydrogens is 306 g/mol. The first kappa shape index (κ1) is 15.8. The molecule has 0 bridgehead atoms. The lowest BCUT2D eigenvalue weighted by Gasteiger charge is -2.17. The summed E-state index contributed by atoms with van der Waals surface area (Å²) >= 11 is 0. The smallest absolute Gasteiger partial charge is 0.253 e. The number of nitrogens with zero attached hydrogens (tertiary/aromatic N) is 3. The highest BCUT2D eigenvalue weighted by molar-refractivity contribution is 5.94. The van der Waals surface area contributed by atoms with E-state index in [2.05, 4.69) is 11.1 Å². The summed E-state index contributed by atoms with van der Waals surface area (Å²) in [5, 5.41) is 8.91. The van der Waals surface area contributed by atoms with Crippen LogP contribution in [0.2, 0.25) is 0 Å². The van der Waals surface area contributed by atoms with E-state index in [1.54, 1.807) is 54.6 Å². The molecule has 0 radical (unpaired) electrons. The van der Waals surface area contributed by atoms with Gasteiger partial charge in [0.05, 0.1) is 25.3 Å². The molecule has 122 valence electrons. The zero-order valence-corrected chi connectivity index (χ0v) is 13.3. The van der Waals surface area contributed by atoms with Gasteiger partial charge in [-0.3, -0.25) is 4.79 Å². The molecule has 2 heterocycles. The van der Waals surface area contributed by atoms with Gasteiger partial charge in [-0.05, 0) is 30.3 Å². The van der Waals surface area contributed by atoms with Crippen molar-refractivity contribution in [1.82, 2.24) is 9.88 Å². The van der Waals surface area contributed by atoms with Crippen molar-refractivity contribution in [2.24, 2.45) is 0 Å². The van der Waals surface area contributed by atoms with Crippen molar-refractivity contribution in [3.05, 3.63) is 53.7 Å². The van der Waals surface area contributed by atoms with Crippen molar-refractivity contribution in [3.8, 4) is 17.7 Å². The maximum Gasteiger partial charge on any atom is 0.253 e. The van der Waals surface area contributed by atoms with Crippen LogP contribution in [0, 0.1) is 11.3 Å². The monoisotopic (exact) mass is 323 g/mol. The number of likely N-dealkylation sites (tertiary alicyclic amines) is 1. The molecule has 1 saturated heterocycles. The Balaban J connectivity index is 1.62. The summed E-state index contributed by atoms with van der Waals surface area (Å²) in [4.78, 5) is 18.4. The molecule has 1 unspecified atom stereocenters. The highest BCUT2D eigenvalue weighted by Gasteiger charge is 2.28. The normalized spacial score (nSPS) is 16.5. The fraction of sp³-hybridized carbons (Fsp3) is 0.278. The molecule has 0 aliphatic carbocycles. The summed E-state index contributed by atoms with van der Waals surface area (Å²) in [7, 11) is 1.59. The van der Waals surface area contributed by atoms with Gasteiger partial charge in [0, 0.05) is 30.8 Å². The van der Waals surface area contributed by atoms with Crippen LogP contribution in [0.4, 0.5) is 0 Å². The topological polar surface area (TPSA) is 75.4 Å². The first-order valence-corrected chi connectivity index (χ1v) is 7.66. The van der Waals surface area contributed by atoms with Crippen LogP contribution in [0.5, 0.6) is 11.6 Å². The van der Waals surface area contributed by atoms with Gasteiger partial charge in [-0.25, -0.2) is 4.98 Å². The van der Waals surface area contributed by atoms with Crippen LogP contribution in [0.15, 0.2) is 42.6 Å². The van der Waals surface area contributed by atoms with Crippen molar-refractivity contribution in [2.45, 2.75) is 12.5 Å². The fourth-order valence-corrected chi connectivity index (χ4v) is 2.64. The molecule has 3 rings (SSSR count). The highest BCUT2D eigenvalue weighted by atomic mass is 16.5. The number of benzene rings is 1. The number of rotatable bonds is 4. The average Bonchev–Trinajstić information content (AvgIpc) is 3.09. The zero-order valence-electron chi connectivity index (χ0n) is 13.3. The van der Waals surface area contributed by atoms with E-state index in [0.717, 1.165) is 12.2 Å². The van der Waals surface area contributed by atoms with Gasteiger partial charge in [-0.15, -0.1) is 0 Å². The van der Waals surface area contributed by atoms with E-state index >= 15 is 0 Å². The fourth-order valence-electron chi connectivity index (χ4n) is 2.64. The Bertz CT molecular complexity index is 768. The van der Waals surface area contributed by atoms with E-state index in [-0.39, 0.29) is 12.0 Å². The van der Waals surface area contributed by atoms with Crippen LogP contribution in [-0.4, -0.2) is 42.1 Å². The number of hydrogen-bond donors (Lipinski definition) is 0. The predicted molar refractivity (Wildman–Crippen MR) is 86.9 cm³/mol. The second-order valence-corrected chi connectivity index (χ2v) is 5.50. The predicted octanol–water partition coefficient (Wildman–Crippen LogP) is 2.26. The van der Waals surface area contributed by atoms with Gasteiger partial charge < -0.3 is 14.4 Å². The van der Waals surface area contributed by atoms with E-state index < -0.39 is 0 Å². The Morgan fingerprint density at radius 3 is 2.83 bits per heavy atom. The molecular formula is C18H17N3O3. The third-order valence-electron chi connectivity index (χ3n) is 3.92. The Hall–Kier alpha value is -3.07. The van der Waals surface area contributed by atoms with Crippen molar-refractivity contribution < 1.29 is 14.3 Å². The summed E-state index contributed by atoms with van der Waals surface area (Å²) in [6.45, 7) is 1.14. The summed E-state index contributed by atoms with van der Waals surface area (Å²) in [5.41, 5.74) is 1.13. The first-order valence-electron chi connectivity index (χ1n) is 7.66. The number of amides is 1. The van der Waals surface area contributed by atoms with E-state index in [4.69, 9.17) is 14.7 Å². The molecule has 1 aliphatic heterocycles. The van der Waals surface area contributed by atoms with Gasteiger partial charge in [0.25, 0.3) is 5.91 Å². The molecule has 1 aliphatic rings. The van der Waals surface area contributed by atoms with Crippen LogP contribution < -0.4 is 9.47 Å². The SMILES string of the molecule is COc1ccc(C(=O)N2CCC(Oc3cc(C#N)ccn3)C2)cc1. The summed E-state index contributed by atoms with van der Waals surface area (Å²) in [6.07, 6.45) is 2.16. The number of methoxy groups -OCH3 is 1. The Morgan fingerprint density at radius 1 is 1.33 bits per heavy atom. The number of pyridine rings is 1. The lowest BCUT2D eigenvalue weighted by Crippen LogP contribution is -2.31. The number of nitriles is 1. The molecule has 6 nitrogen and oxygen atoms in total. The average molecular weight is 323 g/mol. The van der Waals surface area contributed by atoms with E-state index in [0.29, 0.717) is 30.1 Å². The highest BCUT2D eigenvalue weighted by Crippen LogP contribution is 2.20. The van der Waals surface area contributed by atoms with Crippen molar-refractivity contribution >= 4 is 5.91 Å². The second kappa shape index (κ2) is 7.01. The van der Waals surface area contributed by atoms with Gasteiger partial charge >= 0.3 is 0 Å². The lowest BCUT2D eigenvalue weighted by atomic mass is 10.2. The van der Waals surface area contributed by atoms with Crippen LogP contribution >= 0.6 is 0 Å². The number of carbonyl (C=O) groups is 1. The molecule has 1 atom stereocenters. The van der Waals surface area contributed by atoms with Crippen LogP contribution in [0.25, 0.3) is 0 Å². The minimum atomic E-state index is -0.117. The number of hydrogen-bond acceptors (Lipinski definition) is 5. The molecule has 1 amide bonds. The van der Waals surface area contributed by atoms with E-state index in [1.807, 2.05) is 0 Å². The summed E-state index contributed by atoms with van der Waals surface area (Å²) in [6, 6.07) is 12.3. The van der Waals surface area contributed by atoms with E-state index in [9.17, 15) is 4.79 Å². The molecule has 1 fully saturated rings. The Morgan fingerprint density at radius 2 is 2.12 bits per heavy atom. The minimum Gasteiger partial charge on any atom is -0.497 e. The summed E-state index contributed by atoms with van der Waals surface area (Å²) < 4.78 is 10.9. The molecule has 6 heteroatoms. The van der Waals surface area contributed by atoms with Gasteiger partial charge in [0.2, 0.25) is 5.88 Å². The molecule has 2 aromatic rings. The number of carbonyl (C=O) groups excluding carboxylic acids is 1. The third-order valence-corrected chi connectivity index (χ3v) is 3.92. The number of aromatic nitrogens is 1. The van der Waals surface area contributed by atoms with Gasteiger partial charge in [0.15, 0.2) is 0 Å². The van der Waals surface area contributed by atoms with Gasteiger partial charge in [0.1, 0.15) is 11.9 Å². The van der Waals surface area contributed by atoms with Crippen molar-refractivity contribution in [1.29, 1.82) is 5.26 Å².